The molecule has 0 radical (unpaired) electrons. The molecule has 2 amide bonds. The number of aromatic hydroxyl groups is 1. The summed E-state index contributed by atoms with van der Waals surface area (Å²) in [6.45, 7) is 1.93. The molecular weight excluding hydrogens is 372 g/mol. The molecule has 0 aliphatic carbocycles. The minimum Gasteiger partial charge on any atom is -0.504 e. The summed E-state index contributed by atoms with van der Waals surface area (Å²) in [6, 6.07) is 13.4. The van der Waals surface area contributed by atoms with Crippen LogP contribution >= 0.6 is 0 Å². The second-order valence-corrected chi connectivity index (χ2v) is 6.74. The Balaban J connectivity index is 1.85. The number of urea groups is 1. The van der Waals surface area contributed by atoms with E-state index in [-0.39, 0.29) is 24.1 Å². The maximum absolute atomic E-state index is 12.9. The van der Waals surface area contributed by atoms with Crippen molar-refractivity contribution in [3.8, 4) is 11.5 Å². The molecule has 7 nitrogen and oxygen atoms in total. The fourth-order valence-electron chi connectivity index (χ4n) is 3.21. The first-order valence-corrected chi connectivity index (χ1v) is 9.25. The number of rotatable bonds is 6. The minimum absolute atomic E-state index is 0.0248. The Kier molecular flexibility index (Phi) is 6.07. The third kappa shape index (κ3) is 4.34. The van der Waals surface area contributed by atoms with Crippen LogP contribution < -0.4 is 10.1 Å². The van der Waals surface area contributed by atoms with Crippen molar-refractivity contribution in [3.63, 3.8) is 0 Å². The van der Waals surface area contributed by atoms with Crippen LogP contribution in [-0.4, -0.2) is 42.8 Å². The lowest BCUT2D eigenvalue weighted by Crippen LogP contribution is -2.46. The number of carbonyl (C=O) groups is 2. The van der Waals surface area contributed by atoms with Crippen LogP contribution in [-0.2, 0) is 16.0 Å². The normalized spacial score (nSPS) is 16.4. The van der Waals surface area contributed by atoms with Gasteiger partial charge in [0.1, 0.15) is 0 Å². The van der Waals surface area contributed by atoms with Gasteiger partial charge >= 0.3 is 12.0 Å². The van der Waals surface area contributed by atoms with E-state index < -0.39 is 12.0 Å². The van der Waals surface area contributed by atoms with Gasteiger partial charge in [0.2, 0.25) is 0 Å². The predicted molar refractivity (Wildman–Crippen MR) is 107 cm³/mol. The molecule has 2 N–H and O–H groups in total. The highest BCUT2D eigenvalue weighted by Crippen LogP contribution is 2.35. The number of allylic oxidation sites excluding steroid dienone is 1. The highest BCUT2D eigenvalue weighted by atomic mass is 16.5. The third-order valence-electron chi connectivity index (χ3n) is 4.98. The predicted octanol–water partition coefficient (Wildman–Crippen LogP) is 3.16. The molecule has 2 aromatic rings. The molecule has 3 rings (SSSR count). The summed E-state index contributed by atoms with van der Waals surface area (Å²) in [5.41, 5.74) is 2.53. The first-order chi connectivity index (χ1) is 13.9. The van der Waals surface area contributed by atoms with Gasteiger partial charge in [-0.15, -0.1) is 0 Å². The largest absolute Gasteiger partial charge is 0.504 e. The number of methoxy groups -OCH3 is 1. The Morgan fingerprint density at radius 3 is 2.62 bits per heavy atom. The molecule has 152 valence electrons. The fourth-order valence-corrected chi connectivity index (χ4v) is 3.21. The van der Waals surface area contributed by atoms with Crippen LogP contribution in [0.25, 0.3) is 0 Å². The molecule has 1 aliphatic rings. The Morgan fingerprint density at radius 1 is 1.21 bits per heavy atom. The van der Waals surface area contributed by atoms with Gasteiger partial charge in [0.25, 0.3) is 0 Å². The first kappa shape index (κ1) is 20.3. The number of phenolic OH excluding ortho intramolecular Hbond substituents is 1. The van der Waals surface area contributed by atoms with E-state index in [0.29, 0.717) is 23.3 Å². The van der Waals surface area contributed by atoms with E-state index in [9.17, 15) is 14.7 Å². The van der Waals surface area contributed by atoms with E-state index >= 15 is 0 Å². The second-order valence-electron chi connectivity index (χ2n) is 6.74. The number of esters is 1. The minimum atomic E-state index is -0.711. The van der Waals surface area contributed by atoms with Crippen LogP contribution in [0.4, 0.5) is 4.79 Å². The van der Waals surface area contributed by atoms with Gasteiger partial charge in [-0.25, -0.2) is 9.59 Å². The molecule has 1 atom stereocenters. The Morgan fingerprint density at radius 2 is 1.93 bits per heavy atom. The smallest absolute Gasteiger partial charge is 0.338 e. The molecular formula is C22H24N2O5. The summed E-state index contributed by atoms with van der Waals surface area (Å²) < 4.78 is 10.7. The van der Waals surface area contributed by atoms with E-state index in [2.05, 4.69) is 5.32 Å². The van der Waals surface area contributed by atoms with Crippen molar-refractivity contribution in [2.45, 2.75) is 19.4 Å². The van der Waals surface area contributed by atoms with Gasteiger partial charge in [-0.1, -0.05) is 36.4 Å². The molecule has 0 aromatic heterocycles. The molecule has 2 aromatic carbocycles. The number of phenols is 1. The van der Waals surface area contributed by atoms with Gasteiger partial charge in [-0.2, -0.15) is 0 Å². The van der Waals surface area contributed by atoms with E-state index in [1.54, 1.807) is 26.1 Å². The van der Waals surface area contributed by atoms with Crippen molar-refractivity contribution >= 4 is 12.0 Å². The maximum atomic E-state index is 12.9. The van der Waals surface area contributed by atoms with E-state index in [1.165, 1.54) is 18.1 Å². The molecule has 0 saturated carbocycles. The van der Waals surface area contributed by atoms with Crippen LogP contribution in [0.3, 0.4) is 0 Å². The zero-order chi connectivity index (χ0) is 21.0. The number of carbonyl (C=O) groups excluding carboxylic acids is 2. The average Bonchev–Trinajstić information content (AvgIpc) is 2.72. The number of nitrogens with one attached hydrogen (secondary N) is 1. The fraction of sp³-hybridized carbons (Fsp3) is 0.273. The summed E-state index contributed by atoms with van der Waals surface area (Å²) in [6.07, 6.45) is 0.596. The zero-order valence-electron chi connectivity index (χ0n) is 16.6. The monoisotopic (exact) mass is 396 g/mol. The lowest BCUT2D eigenvalue weighted by molar-refractivity contribution is -0.139. The van der Waals surface area contributed by atoms with Crippen molar-refractivity contribution in [3.05, 3.63) is 70.9 Å². The number of nitrogens with zero attached hydrogens (tertiary/aromatic N) is 1. The molecule has 0 saturated heterocycles. The van der Waals surface area contributed by atoms with Crippen LogP contribution in [0.15, 0.2) is 59.8 Å². The molecule has 7 heteroatoms. The van der Waals surface area contributed by atoms with E-state index in [1.807, 2.05) is 30.3 Å². The molecule has 1 aliphatic heterocycles. The van der Waals surface area contributed by atoms with Crippen LogP contribution in [0, 0.1) is 0 Å². The summed E-state index contributed by atoms with van der Waals surface area (Å²) in [5.74, 6) is -0.268. The number of benzene rings is 2. The Hall–Kier alpha value is -3.48. The zero-order valence-corrected chi connectivity index (χ0v) is 16.6. The second kappa shape index (κ2) is 8.68. The molecule has 0 spiro atoms. The van der Waals surface area contributed by atoms with E-state index in [0.717, 1.165) is 5.56 Å². The number of ether oxygens (including phenoxy) is 2. The van der Waals surface area contributed by atoms with Crippen molar-refractivity contribution in [2.24, 2.45) is 0 Å². The van der Waals surface area contributed by atoms with Gasteiger partial charge in [-0.3, -0.25) is 0 Å². The summed E-state index contributed by atoms with van der Waals surface area (Å²) in [7, 11) is 3.03. The van der Waals surface area contributed by atoms with Crippen LogP contribution in [0.5, 0.6) is 11.5 Å². The molecule has 1 heterocycles. The maximum Gasteiger partial charge on any atom is 0.338 e. The van der Waals surface area contributed by atoms with Crippen molar-refractivity contribution in [2.75, 3.05) is 20.8 Å². The molecule has 0 fully saturated rings. The van der Waals surface area contributed by atoms with Gasteiger partial charge in [-0.05, 0) is 30.2 Å². The first-order valence-electron chi connectivity index (χ1n) is 9.25. The third-order valence-corrected chi connectivity index (χ3v) is 4.98. The average molecular weight is 396 g/mol. The van der Waals surface area contributed by atoms with Gasteiger partial charge in [0.05, 0.1) is 25.3 Å². The number of hydrogen-bond donors (Lipinski definition) is 2. The summed E-state index contributed by atoms with van der Waals surface area (Å²) in [4.78, 5) is 26.6. The lowest BCUT2D eigenvalue weighted by atomic mass is 9.94. The van der Waals surface area contributed by atoms with Crippen molar-refractivity contribution < 1.29 is 24.2 Å². The molecule has 0 bridgehead atoms. The van der Waals surface area contributed by atoms with Crippen LogP contribution in [0.1, 0.15) is 24.1 Å². The number of hydrogen-bond acceptors (Lipinski definition) is 5. The Bertz CT molecular complexity index is 939. The summed E-state index contributed by atoms with van der Waals surface area (Å²) >= 11 is 0. The SMILES string of the molecule is COc1cc([C@@H]2NC(=O)N(C)C(C)=C2C(=O)OCCc2ccccc2)ccc1O. The highest BCUT2D eigenvalue weighted by Gasteiger charge is 2.35. The quantitative estimate of drug-likeness (QED) is 0.733. The highest BCUT2D eigenvalue weighted by molar-refractivity contribution is 5.95. The van der Waals surface area contributed by atoms with Crippen molar-refractivity contribution in [1.29, 1.82) is 0 Å². The van der Waals surface area contributed by atoms with Crippen molar-refractivity contribution in [1.82, 2.24) is 10.2 Å². The standard InChI is InChI=1S/C22H24N2O5/c1-14-19(21(26)29-12-11-15-7-5-4-6-8-15)20(23-22(27)24(14)2)16-9-10-17(25)18(13-16)28-3/h4-10,13,20,25H,11-12H2,1-3H3,(H,23,27)/t20-/m0/s1. The van der Waals surface area contributed by atoms with Crippen LogP contribution in [0.2, 0.25) is 0 Å². The topological polar surface area (TPSA) is 88.1 Å². The molecule has 0 unspecified atom stereocenters. The van der Waals surface area contributed by atoms with Gasteiger partial charge < -0.3 is 24.8 Å². The van der Waals surface area contributed by atoms with E-state index in [4.69, 9.17) is 9.47 Å². The summed E-state index contributed by atoms with van der Waals surface area (Å²) in [5, 5.41) is 12.7. The van der Waals surface area contributed by atoms with Gasteiger partial charge in [0.15, 0.2) is 11.5 Å². The van der Waals surface area contributed by atoms with Gasteiger partial charge in [0, 0.05) is 19.2 Å². The molecule has 29 heavy (non-hydrogen) atoms. The lowest BCUT2D eigenvalue weighted by Gasteiger charge is -2.33. The Labute approximate surface area is 169 Å². The number of amides is 2.